The van der Waals surface area contributed by atoms with E-state index in [0.717, 1.165) is 18.4 Å². The zero-order valence-corrected chi connectivity index (χ0v) is 15.1. The van der Waals surface area contributed by atoms with Crippen LogP contribution in [0.3, 0.4) is 0 Å². The average Bonchev–Trinajstić information content (AvgIpc) is 2.63. The number of carbonyl (C=O) groups excluding carboxylic acids is 1. The third kappa shape index (κ3) is 4.74. The summed E-state index contributed by atoms with van der Waals surface area (Å²) >= 11 is 0. The first-order chi connectivity index (χ1) is 12.6. The van der Waals surface area contributed by atoms with Crippen LogP contribution in [-0.2, 0) is 16.1 Å². The third-order valence-electron chi connectivity index (χ3n) is 5.33. The molecule has 2 bridgehead atoms. The molecule has 2 atom stereocenters. The smallest absolute Gasteiger partial charge is 0.410 e. The van der Waals surface area contributed by atoms with Gasteiger partial charge in [-0.2, -0.15) is 0 Å². The van der Waals surface area contributed by atoms with Crippen molar-refractivity contribution in [2.45, 2.75) is 62.8 Å². The summed E-state index contributed by atoms with van der Waals surface area (Å²) in [4.78, 5) is 14.4. The molecule has 2 heterocycles. The van der Waals surface area contributed by atoms with Crippen LogP contribution in [0.5, 0.6) is 0 Å². The molecule has 5 nitrogen and oxygen atoms in total. The molecule has 3 rings (SSSR count). The summed E-state index contributed by atoms with van der Waals surface area (Å²) in [6.45, 7) is 0.774. The lowest BCUT2D eigenvalue weighted by Gasteiger charge is -2.51. The second kappa shape index (κ2) is 8.82. The molecule has 0 saturated carbocycles. The summed E-state index contributed by atoms with van der Waals surface area (Å²) < 4.78 is 23.3. The molecule has 1 N–H and O–H groups in total. The summed E-state index contributed by atoms with van der Waals surface area (Å²) in [6, 6.07) is 9.25. The monoisotopic (exact) mass is 365 g/mol. The Balaban J connectivity index is 1.57. The third-order valence-corrected chi connectivity index (χ3v) is 5.33. The predicted molar refractivity (Wildman–Crippen MR) is 95.5 cm³/mol. The Labute approximate surface area is 154 Å². The van der Waals surface area contributed by atoms with Crippen LogP contribution >= 0.6 is 0 Å². The number of hydrogen-bond acceptors (Lipinski definition) is 4. The highest BCUT2D eigenvalue weighted by Gasteiger charge is 2.48. The van der Waals surface area contributed by atoms with E-state index in [-0.39, 0.29) is 31.5 Å². The van der Waals surface area contributed by atoms with Gasteiger partial charge in [0.1, 0.15) is 6.61 Å². The Morgan fingerprint density at radius 1 is 1.19 bits per heavy atom. The number of fused-ring (bicyclic) bond motifs is 2. The van der Waals surface area contributed by atoms with Gasteiger partial charge in [0.2, 0.25) is 0 Å². The largest absolute Gasteiger partial charge is 0.445 e. The molecule has 26 heavy (non-hydrogen) atoms. The quantitative estimate of drug-likeness (QED) is 0.752. The summed E-state index contributed by atoms with van der Waals surface area (Å²) in [5.74, 6) is 0. The zero-order chi connectivity index (χ0) is 18.4. The van der Waals surface area contributed by atoms with Gasteiger partial charge in [0, 0.05) is 0 Å². The van der Waals surface area contributed by atoms with Crippen LogP contribution in [0.2, 0.25) is 0 Å². The number of aliphatic hydroxyl groups is 1. The zero-order valence-electron chi connectivity index (χ0n) is 15.1. The molecule has 2 aliphatic rings. The molecule has 2 unspecified atom stereocenters. The summed E-state index contributed by atoms with van der Waals surface area (Å²) in [7, 11) is 0. The van der Waals surface area contributed by atoms with Crippen LogP contribution in [0.1, 0.15) is 44.1 Å². The van der Waals surface area contributed by atoms with Gasteiger partial charge in [-0.25, -0.2) is 4.79 Å². The van der Waals surface area contributed by atoms with Crippen LogP contribution in [0.4, 0.5) is 9.18 Å². The lowest BCUT2D eigenvalue weighted by atomic mass is 9.78. The highest BCUT2D eigenvalue weighted by atomic mass is 19.1. The molecule has 1 amide bonds. The van der Waals surface area contributed by atoms with Gasteiger partial charge >= 0.3 is 6.09 Å². The van der Waals surface area contributed by atoms with E-state index in [9.17, 15) is 14.3 Å². The number of hydrogen-bond donors (Lipinski definition) is 1. The van der Waals surface area contributed by atoms with E-state index in [0.29, 0.717) is 38.9 Å². The van der Waals surface area contributed by atoms with E-state index in [2.05, 4.69) is 0 Å². The van der Waals surface area contributed by atoms with Crippen LogP contribution in [0.15, 0.2) is 30.3 Å². The van der Waals surface area contributed by atoms with Crippen molar-refractivity contribution >= 4 is 6.09 Å². The fourth-order valence-corrected chi connectivity index (χ4v) is 4.10. The first-order valence-corrected chi connectivity index (χ1v) is 9.46. The number of amides is 1. The number of ether oxygens (including phenoxy) is 2. The van der Waals surface area contributed by atoms with Crippen molar-refractivity contribution in [3.05, 3.63) is 35.9 Å². The minimum atomic E-state index is -0.800. The Morgan fingerprint density at radius 2 is 1.88 bits per heavy atom. The number of carbonyl (C=O) groups is 1. The Hall–Kier alpha value is -1.66. The molecule has 0 aromatic heterocycles. The van der Waals surface area contributed by atoms with Gasteiger partial charge < -0.3 is 14.6 Å². The summed E-state index contributed by atoms with van der Waals surface area (Å²) in [6.07, 6.45) is 3.41. The molecule has 0 radical (unpaired) electrons. The van der Waals surface area contributed by atoms with E-state index in [1.54, 1.807) is 4.90 Å². The van der Waals surface area contributed by atoms with Gasteiger partial charge in [-0.05, 0) is 31.2 Å². The number of nitrogens with zero attached hydrogens (tertiary/aromatic N) is 1. The average molecular weight is 365 g/mol. The van der Waals surface area contributed by atoms with Crippen LogP contribution < -0.4 is 0 Å². The fraction of sp³-hybridized carbons (Fsp3) is 0.650. The minimum absolute atomic E-state index is 0.169. The fourth-order valence-electron chi connectivity index (χ4n) is 4.10. The van der Waals surface area contributed by atoms with Crippen molar-refractivity contribution in [3.8, 4) is 0 Å². The van der Waals surface area contributed by atoms with Crippen molar-refractivity contribution < 1.29 is 23.8 Å². The lowest BCUT2D eigenvalue weighted by molar-refractivity contribution is -0.136. The minimum Gasteiger partial charge on any atom is -0.445 e. The Morgan fingerprint density at radius 3 is 2.54 bits per heavy atom. The van der Waals surface area contributed by atoms with Gasteiger partial charge in [-0.1, -0.05) is 43.2 Å². The summed E-state index contributed by atoms with van der Waals surface area (Å²) in [5.41, 5.74) is 0.148. The molecule has 2 fully saturated rings. The van der Waals surface area contributed by atoms with Crippen LogP contribution in [0.25, 0.3) is 0 Å². The lowest BCUT2D eigenvalue weighted by Crippen LogP contribution is -2.63. The maximum atomic E-state index is 12.6. The molecule has 2 saturated heterocycles. The molecule has 2 aliphatic heterocycles. The first kappa shape index (κ1) is 19.1. The van der Waals surface area contributed by atoms with Crippen molar-refractivity contribution in [3.63, 3.8) is 0 Å². The molecule has 144 valence electrons. The highest BCUT2D eigenvalue weighted by molar-refractivity contribution is 5.69. The molecule has 1 aromatic carbocycles. The molecule has 0 aliphatic carbocycles. The van der Waals surface area contributed by atoms with Gasteiger partial charge in [-0.15, -0.1) is 0 Å². The van der Waals surface area contributed by atoms with Crippen molar-refractivity contribution in [1.82, 2.24) is 4.90 Å². The van der Waals surface area contributed by atoms with Gasteiger partial charge in [-0.3, -0.25) is 9.29 Å². The Kier molecular flexibility index (Phi) is 6.48. The number of piperidine rings is 1. The highest BCUT2D eigenvalue weighted by Crippen LogP contribution is 2.38. The molecule has 1 aromatic rings. The number of benzene rings is 1. The molecule has 0 spiro atoms. The SMILES string of the molecule is O=C(OCc1ccccc1)N1C2COCC1CC(O)(CCCCCF)C2. The first-order valence-electron chi connectivity index (χ1n) is 9.46. The molecular formula is C20H28FNO4. The van der Waals surface area contributed by atoms with E-state index in [4.69, 9.17) is 9.47 Å². The van der Waals surface area contributed by atoms with Crippen molar-refractivity contribution in [1.29, 1.82) is 0 Å². The maximum Gasteiger partial charge on any atom is 0.410 e. The van der Waals surface area contributed by atoms with Crippen molar-refractivity contribution in [2.75, 3.05) is 19.9 Å². The van der Waals surface area contributed by atoms with Gasteiger partial charge in [0.25, 0.3) is 0 Å². The van der Waals surface area contributed by atoms with E-state index in [1.807, 2.05) is 30.3 Å². The molecular weight excluding hydrogens is 337 g/mol. The van der Waals surface area contributed by atoms with E-state index < -0.39 is 5.60 Å². The van der Waals surface area contributed by atoms with Crippen LogP contribution in [0, 0.1) is 0 Å². The standard InChI is InChI=1S/C20H28FNO4/c21-10-6-2-5-9-20(24)11-17-14-25-15-18(12-20)22(17)19(23)26-13-16-7-3-1-4-8-16/h1,3-4,7-8,17-18,24H,2,5-6,9-15H2. The number of rotatable bonds is 7. The number of halogens is 1. The maximum absolute atomic E-state index is 12.6. The molecule has 6 heteroatoms. The Bertz CT molecular complexity index is 568. The summed E-state index contributed by atoms with van der Waals surface area (Å²) in [5, 5.41) is 11.0. The van der Waals surface area contributed by atoms with Gasteiger partial charge in [0.15, 0.2) is 0 Å². The normalized spacial score (nSPS) is 28.0. The predicted octanol–water partition coefficient (Wildman–Crippen LogP) is 3.45. The number of unbranched alkanes of at least 4 members (excludes halogenated alkanes) is 2. The number of alkyl halides is 1. The van der Waals surface area contributed by atoms with Gasteiger partial charge in [0.05, 0.1) is 37.6 Å². The van der Waals surface area contributed by atoms with E-state index >= 15 is 0 Å². The van der Waals surface area contributed by atoms with Crippen molar-refractivity contribution in [2.24, 2.45) is 0 Å². The second-order valence-corrected chi connectivity index (χ2v) is 7.42. The van der Waals surface area contributed by atoms with E-state index in [1.165, 1.54) is 0 Å². The number of morpholine rings is 1. The topological polar surface area (TPSA) is 59.0 Å². The van der Waals surface area contributed by atoms with Crippen LogP contribution in [-0.4, -0.2) is 53.7 Å². The second-order valence-electron chi connectivity index (χ2n) is 7.42.